The number of amides is 1. The van der Waals surface area contributed by atoms with E-state index < -0.39 is 10.8 Å². The predicted octanol–water partition coefficient (Wildman–Crippen LogP) is 3.39. The first-order valence-corrected chi connectivity index (χ1v) is 10.2. The molecular weight excluding hydrogens is 498 g/mol. The van der Waals surface area contributed by atoms with Crippen LogP contribution in [0.1, 0.15) is 21.6 Å². The van der Waals surface area contributed by atoms with Crippen molar-refractivity contribution in [3.8, 4) is 17.2 Å². The number of nitrogens with zero attached hydrogens (tertiary/aromatic N) is 4. The van der Waals surface area contributed by atoms with Crippen LogP contribution in [0.2, 0.25) is 0 Å². The van der Waals surface area contributed by atoms with Crippen LogP contribution in [-0.4, -0.2) is 48.2 Å². The smallest absolute Gasteiger partial charge is 0.293 e. The summed E-state index contributed by atoms with van der Waals surface area (Å²) in [5.74, 6) is 0.839. The van der Waals surface area contributed by atoms with Crippen LogP contribution in [0.15, 0.2) is 52.2 Å². The highest BCUT2D eigenvalue weighted by Gasteiger charge is 2.16. The lowest BCUT2D eigenvalue weighted by Gasteiger charge is -2.12. The molecule has 3 rings (SSSR count). The van der Waals surface area contributed by atoms with Crippen molar-refractivity contribution in [3.63, 3.8) is 0 Å². The Hall–Kier alpha value is -3.93. The molecule has 0 spiro atoms. The third-order valence-corrected chi connectivity index (χ3v) is 5.07. The molecule has 0 unspecified atom stereocenters. The summed E-state index contributed by atoms with van der Waals surface area (Å²) >= 11 is 3.32. The van der Waals surface area contributed by atoms with Crippen molar-refractivity contribution in [1.82, 2.24) is 15.2 Å². The number of carbonyl (C=O) groups is 1. The Morgan fingerprint density at radius 2 is 1.82 bits per heavy atom. The van der Waals surface area contributed by atoms with Crippen LogP contribution in [0.3, 0.4) is 0 Å². The van der Waals surface area contributed by atoms with Gasteiger partial charge in [-0.3, -0.25) is 19.6 Å². The molecule has 172 valence electrons. The summed E-state index contributed by atoms with van der Waals surface area (Å²) in [5.41, 5.74) is 3.98. The van der Waals surface area contributed by atoms with Crippen LogP contribution in [0.5, 0.6) is 17.2 Å². The molecule has 0 saturated carbocycles. The van der Waals surface area contributed by atoms with Crippen molar-refractivity contribution in [2.45, 2.75) is 6.54 Å². The van der Waals surface area contributed by atoms with E-state index in [1.54, 1.807) is 35.1 Å². The van der Waals surface area contributed by atoms with Gasteiger partial charge in [0.05, 0.1) is 43.5 Å². The quantitative estimate of drug-likeness (QED) is 0.261. The Balaban J connectivity index is 1.69. The third-order valence-electron chi connectivity index (χ3n) is 4.49. The van der Waals surface area contributed by atoms with Gasteiger partial charge in [-0.25, -0.2) is 5.43 Å². The Labute approximate surface area is 197 Å². The maximum atomic E-state index is 12.5. The molecule has 1 aromatic heterocycles. The predicted molar refractivity (Wildman–Crippen MR) is 123 cm³/mol. The monoisotopic (exact) mass is 517 g/mol. The molecule has 0 bridgehead atoms. The maximum absolute atomic E-state index is 12.5. The van der Waals surface area contributed by atoms with Crippen LogP contribution in [0.4, 0.5) is 5.69 Å². The van der Waals surface area contributed by atoms with Gasteiger partial charge in [-0.15, -0.1) is 0 Å². The summed E-state index contributed by atoms with van der Waals surface area (Å²) < 4.78 is 17.9. The first kappa shape index (κ1) is 23.7. The van der Waals surface area contributed by atoms with Gasteiger partial charge in [0.25, 0.3) is 11.6 Å². The molecule has 2 aromatic carbocycles. The zero-order valence-electron chi connectivity index (χ0n) is 17.9. The van der Waals surface area contributed by atoms with E-state index in [2.05, 4.69) is 31.6 Å². The number of aromatic nitrogens is 2. The minimum Gasteiger partial charge on any atom is -0.493 e. The Bertz CT molecular complexity index is 1170. The van der Waals surface area contributed by atoms with Crippen molar-refractivity contribution in [3.05, 3.63) is 74.0 Å². The largest absolute Gasteiger partial charge is 0.493 e. The molecular formula is C21H20BrN5O6. The molecule has 33 heavy (non-hydrogen) atoms. The van der Waals surface area contributed by atoms with Crippen LogP contribution in [-0.2, 0) is 6.54 Å². The minimum atomic E-state index is -0.520. The second-order valence-electron chi connectivity index (χ2n) is 6.60. The first-order chi connectivity index (χ1) is 15.9. The number of nitro benzene ring substituents is 1. The number of non-ortho nitro benzene ring substituents is 1. The number of methoxy groups -OCH3 is 3. The van der Waals surface area contributed by atoms with Gasteiger partial charge in [-0.1, -0.05) is 12.1 Å². The fourth-order valence-electron chi connectivity index (χ4n) is 2.94. The summed E-state index contributed by atoms with van der Waals surface area (Å²) in [6, 6.07) is 9.47. The van der Waals surface area contributed by atoms with Gasteiger partial charge in [0, 0.05) is 23.9 Å². The van der Waals surface area contributed by atoms with Gasteiger partial charge in [-0.2, -0.15) is 10.2 Å². The minimum absolute atomic E-state index is 0.00502. The standard InChI is InChI=1S/C21H20BrN5O6/c1-31-17-8-14(9-18(32-2)20(17)33-3)10-23-24-21(28)19-16(22)12-26(25-19)11-13-4-6-15(7-5-13)27(29)30/h4-10,12H,11H2,1-3H3,(H,24,28). The van der Waals surface area contributed by atoms with E-state index in [1.165, 1.54) is 39.7 Å². The molecule has 11 nitrogen and oxygen atoms in total. The number of hydrogen-bond donors (Lipinski definition) is 1. The molecule has 0 aliphatic carbocycles. The number of carbonyl (C=O) groups excluding carboxylic acids is 1. The van der Waals surface area contributed by atoms with Crippen molar-refractivity contribution >= 4 is 33.7 Å². The van der Waals surface area contributed by atoms with Crippen molar-refractivity contribution in [2.75, 3.05) is 21.3 Å². The highest BCUT2D eigenvalue weighted by molar-refractivity contribution is 9.10. The van der Waals surface area contributed by atoms with E-state index in [0.29, 0.717) is 33.8 Å². The summed E-state index contributed by atoms with van der Waals surface area (Å²) in [4.78, 5) is 22.8. The topological polar surface area (TPSA) is 130 Å². The number of ether oxygens (including phenoxy) is 3. The molecule has 3 aromatic rings. The molecule has 0 aliphatic heterocycles. The SMILES string of the molecule is COc1cc(C=NNC(=O)c2nn(Cc3ccc([N+](=O)[O-])cc3)cc2Br)cc(OC)c1OC. The number of rotatable bonds is 9. The van der Waals surface area contributed by atoms with Gasteiger partial charge in [0.15, 0.2) is 17.2 Å². The molecule has 0 saturated heterocycles. The average molecular weight is 518 g/mol. The molecule has 0 fully saturated rings. The summed E-state index contributed by atoms with van der Waals surface area (Å²) in [5, 5.41) is 19.0. The lowest BCUT2D eigenvalue weighted by Crippen LogP contribution is -2.19. The summed E-state index contributed by atoms with van der Waals surface area (Å²) in [7, 11) is 4.52. The first-order valence-electron chi connectivity index (χ1n) is 9.46. The van der Waals surface area contributed by atoms with Gasteiger partial charge in [-0.05, 0) is 33.6 Å². The molecule has 0 atom stereocenters. The van der Waals surface area contributed by atoms with Gasteiger partial charge < -0.3 is 14.2 Å². The number of benzene rings is 2. The van der Waals surface area contributed by atoms with Crippen LogP contribution >= 0.6 is 15.9 Å². The zero-order valence-corrected chi connectivity index (χ0v) is 19.5. The van der Waals surface area contributed by atoms with E-state index in [9.17, 15) is 14.9 Å². The lowest BCUT2D eigenvalue weighted by molar-refractivity contribution is -0.384. The molecule has 0 radical (unpaired) electrons. The molecule has 1 N–H and O–H groups in total. The molecule has 1 heterocycles. The summed E-state index contributed by atoms with van der Waals surface area (Å²) in [6.07, 6.45) is 3.07. The van der Waals surface area contributed by atoms with Crippen LogP contribution in [0, 0.1) is 10.1 Å². The normalized spacial score (nSPS) is 10.8. The van der Waals surface area contributed by atoms with Gasteiger partial charge in [0.2, 0.25) is 5.75 Å². The van der Waals surface area contributed by atoms with E-state index in [0.717, 1.165) is 5.56 Å². The Morgan fingerprint density at radius 3 is 2.36 bits per heavy atom. The van der Waals surface area contributed by atoms with Crippen molar-refractivity contribution in [2.24, 2.45) is 5.10 Å². The van der Waals surface area contributed by atoms with E-state index >= 15 is 0 Å². The maximum Gasteiger partial charge on any atom is 0.293 e. The second kappa shape index (κ2) is 10.6. The van der Waals surface area contributed by atoms with E-state index in [-0.39, 0.29) is 11.4 Å². The highest BCUT2D eigenvalue weighted by Crippen LogP contribution is 2.37. The number of nitro groups is 1. The van der Waals surface area contributed by atoms with E-state index in [4.69, 9.17) is 14.2 Å². The van der Waals surface area contributed by atoms with Gasteiger partial charge >= 0.3 is 0 Å². The zero-order chi connectivity index (χ0) is 24.0. The second-order valence-corrected chi connectivity index (χ2v) is 7.46. The molecule has 0 aliphatic rings. The van der Waals surface area contributed by atoms with Crippen molar-refractivity contribution in [1.29, 1.82) is 0 Å². The number of halogens is 1. The fourth-order valence-corrected chi connectivity index (χ4v) is 3.43. The van der Waals surface area contributed by atoms with Crippen molar-refractivity contribution < 1.29 is 23.9 Å². The third kappa shape index (κ3) is 5.66. The Kier molecular flexibility index (Phi) is 7.61. The fraction of sp³-hybridized carbons (Fsp3) is 0.190. The van der Waals surface area contributed by atoms with Crippen LogP contribution in [0.25, 0.3) is 0 Å². The molecule has 1 amide bonds. The number of nitrogens with one attached hydrogen (secondary N) is 1. The molecule has 12 heteroatoms. The highest BCUT2D eigenvalue weighted by atomic mass is 79.9. The number of hydrazone groups is 1. The summed E-state index contributed by atoms with van der Waals surface area (Å²) in [6.45, 7) is 0.332. The number of hydrogen-bond acceptors (Lipinski definition) is 8. The van der Waals surface area contributed by atoms with E-state index in [1.807, 2.05) is 0 Å². The van der Waals surface area contributed by atoms with Gasteiger partial charge in [0.1, 0.15) is 0 Å². The Morgan fingerprint density at radius 1 is 1.18 bits per heavy atom. The lowest BCUT2D eigenvalue weighted by atomic mass is 10.2. The van der Waals surface area contributed by atoms with Crippen LogP contribution < -0.4 is 19.6 Å². The average Bonchev–Trinajstić information content (AvgIpc) is 3.18.